The highest BCUT2D eigenvalue weighted by molar-refractivity contribution is 8.06. The maximum atomic E-state index is 13.1. The SMILES string of the molecule is C=C(Nc1ccc(C(C)(F)F)cc1)S/C(=C\C)C(C)C.C=C/C(C(=C)C)=C(\C)CCCCC.CC. The van der Waals surface area contributed by atoms with Crippen LogP contribution in [0, 0.1) is 5.92 Å². The average molecular weight is 506 g/mol. The molecule has 0 heterocycles. The van der Waals surface area contributed by atoms with E-state index in [1.165, 1.54) is 53.9 Å². The van der Waals surface area contributed by atoms with Gasteiger partial charge in [-0.3, -0.25) is 0 Å². The summed E-state index contributed by atoms with van der Waals surface area (Å²) >= 11 is 1.56. The standard InChI is InChI=1S/C16H21F2NS.C13H22.C2H6/c1-6-15(11(2)3)20-12(4)19-14-9-7-13(8-10-14)16(5,17)18;1-6-8-9-10-12(5)13(7-2)11(3)4;1-2/h6-11,19H,4H2,1-3,5H3;7H,2-3,6,8-10H2,1,4-5H3;1-2H3/b15-6-;13-12-;. The number of hydrogen-bond acceptors (Lipinski definition) is 2. The molecule has 35 heavy (non-hydrogen) atoms. The van der Waals surface area contributed by atoms with Crippen LogP contribution in [0.15, 0.2) is 82.8 Å². The minimum atomic E-state index is -2.81. The number of allylic oxidation sites excluding steroid dienone is 6. The average Bonchev–Trinajstić information content (AvgIpc) is 2.79. The number of halogens is 2. The van der Waals surface area contributed by atoms with Crippen LogP contribution in [0.3, 0.4) is 0 Å². The van der Waals surface area contributed by atoms with Gasteiger partial charge in [0.2, 0.25) is 0 Å². The van der Waals surface area contributed by atoms with Crippen LogP contribution in [0.4, 0.5) is 14.5 Å². The molecular weight excluding hydrogens is 456 g/mol. The molecule has 1 N–H and O–H groups in total. The molecule has 198 valence electrons. The minimum Gasteiger partial charge on any atom is -0.350 e. The Labute approximate surface area is 219 Å². The summed E-state index contributed by atoms with van der Waals surface area (Å²) in [5.41, 5.74) is 4.57. The highest BCUT2D eigenvalue weighted by Gasteiger charge is 2.23. The van der Waals surface area contributed by atoms with Gasteiger partial charge in [-0.15, -0.1) is 0 Å². The minimum absolute atomic E-state index is 0.0117. The first kappa shape index (κ1) is 35.1. The molecule has 0 atom stereocenters. The molecule has 0 saturated heterocycles. The first-order chi connectivity index (χ1) is 16.4. The Balaban J connectivity index is 0. The predicted octanol–water partition coefficient (Wildman–Crippen LogP) is 11.6. The number of nitrogens with one attached hydrogen (secondary N) is 1. The zero-order valence-corrected chi connectivity index (χ0v) is 24.5. The summed E-state index contributed by atoms with van der Waals surface area (Å²) in [4.78, 5) is 1.22. The molecule has 1 aromatic carbocycles. The predicted molar refractivity (Wildman–Crippen MR) is 158 cm³/mol. The van der Waals surface area contributed by atoms with Crippen molar-refractivity contribution in [2.45, 2.75) is 93.9 Å². The molecule has 0 amide bonds. The van der Waals surface area contributed by atoms with Gasteiger partial charge in [0, 0.05) is 18.2 Å². The van der Waals surface area contributed by atoms with E-state index in [-0.39, 0.29) is 5.56 Å². The second kappa shape index (κ2) is 19.2. The van der Waals surface area contributed by atoms with Crippen molar-refractivity contribution >= 4 is 17.4 Å². The molecule has 0 spiro atoms. The number of alkyl halides is 2. The summed E-state index contributed by atoms with van der Waals surface area (Å²) < 4.78 is 26.2. The number of thioether (sulfide) groups is 1. The maximum absolute atomic E-state index is 13.1. The van der Waals surface area contributed by atoms with Gasteiger partial charge in [0.15, 0.2) is 0 Å². The van der Waals surface area contributed by atoms with Crippen molar-refractivity contribution in [2.24, 2.45) is 5.92 Å². The molecule has 1 rings (SSSR count). The van der Waals surface area contributed by atoms with E-state index in [2.05, 4.69) is 58.8 Å². The zero-order valence-electron chi connectivity index (χ0n) is 23.7. The summed E-state index contributed by atoms with van der Waals surface area (Å²) in [6, 6.07) is 6.14. The number of benzene rings is 1. The van der Waals surface area contributed by atoms with Gasteiger partial charge in [0.05, 0.1) is 5.03 Å². The van der Waals surface area contributed by atoms with E-state index < -0.39 is 5.92 Å². The van der Waals surface area contributed by atoms with Crippen molar-refractivity contribution in [3.05, 3.63) is 88.4 Å². The lowest BCUT2D eigenvalue weighted by molar-refractivity contribution is 0.0175. The summed E-state index contributed by atoms with van der Waals surface area (Å²) in [5, 5.41) is 3.90. The van der Waals surface area contributed by atoms with E-state index in [0.717, 1.165) is 23.2 Å². The summed E-state index contributed by atoms with van der Waals surface area (Å²) in [6.45, 7) is 29.3. The normalized spacial score (nSPS) is 11.9. The first-order valence-corrected chi connectivity index (χ1v) is 13.4. The van der Waals surface area contributed by atoms with Crippen molar-refractivity contribution in [2.75, 3.05) is 5.32 Å². The molecule has 0 aliphatic carbocycles. The topological polar surface area (TPSA) is 12.0 Å². The second-order valence-electron chi connectivity index (χ2n) is 8.60. The monoisotopic (exact) mass is 505 g/mol. The molecule has 0 aliphatic rings. The van der Waals surface area contributed by atoms with Gasteiger partial charge in [-0.25, -0.2) is 8.78 Å². The van der Waals surface area contributed by atoms with E-state index in [4.69, 9.17) is 0 Å². The highest BCUT2D eigenvalue weighted by Crippen LogP contribution is 2.32. The van der Waals surface area contributed by atoms with Crippen molar-refractivity contribution in [1.29, 1.82) is 0 Å². The zero-order chi connectivity index (χ0) is 27.6. The second-order valence-corrected chi connectivity index (χ2v) is 9.77. The van der Waals surface area contributed by atoms with E-state index in [1.54, 1.807) is 23.9 Å². The van der Waals surface area contributed by atoms with Crippen molar-refractivity contribution in [1.82, 2.24) is 0 Å². The summed E-state index contributed by atoms with van der Waals surface area (Å²) in [7, 11) is 0. The van der Waals surface area contributed by atoms with E-state index >= 15 is 0 Å². The molecule has 0 bridgehead atoms. The lowest BCUT2D eigenvalue weighted by Gasteiger charge is -2.15. The smallest absolute Gasteiger partial charge is 0.270 e. The van der Waals surface area contributed by atoms with Crippen LogP contribution in [-0.4, -0.2) is 0 Å². The molecule has 0 aromatic heterocycles. The van der Waals surface area contributed by atoms with Crippen LogP contribution in [0.5, 0.6) is 0 Å². The molecule has 0 unspecified atom stereocenters. The number of anilines is 1. The largest absolute Gasteiger partial charge is 0.350 e. The van der Waals surface area contributed by atoms with Gasteiger partial charge in [0.1, 0.15) is 0 Å². The Morgan fingerprint density at radius 1 is 1.09 bits per heavy atom. The Morgan fingerprint density at radius 3 is 2.00 bits per heavy atom. The van der Waals surface area contributed by atoms with Crippen LogP contribution in [-0.2, 0) is 5.92 Å². The molecule has 1 aromatic rings. The molecule has 0 fully saturated rings. The number of unbranched alkanes of at least 4 members (excludes halogenated alkanes) is 2. The quantitative estimate of drug-likeness (QED) is 0.224. The van der Waals surface area contributed by atoms with E-state index in [0.29, 0.717) is 5.92 Å². The van der Waals surface area contributed by atoms with Gasteiger partial charge < -0.3 is 5.32 Å². The van der Waals surface area contributed by atoms with Crippen LogP contribution >= 0.6 is 11.8 Å². The van der Waals surface area contributed by atoms with Crippen molar-refractivity contribution in [3.63, 3.8) is 0 Å². The van der Waals surface area contributed by atoms with Crippen molar-refractivity contribution < 1.29 is 8.78 Å². The fraction of sp³-hybridized carbons (Fsp3) is 0.484. The number of hydrogen-bond donors (Lipinski definition) is 1. The third kappa shape index (κ3) is 15.5. The molecule has 0 saturated carbocycles. The molecule has 0 radical (unpaired) electrons. The summed E-state index contributed by atoms with van der Waals surface area (Å²) in [6.07, 6.45) is 9.04. The Morgan fingerprint density at radius 2 is 1.63 bits per heavy atom. The Kier molecular flexibility index (Phi) is 19.2. The third-order valence-electron chi connectivity index (χ3n) is 5.05. The van der Waals surface area contributed by atoms with Crippen molar-refractivity contribution in [3.8, 4) is 0 Å². The first-order valence-electron chi connectivity index (χ1n) is 12.6. The lowest BCUT2D eigenvalue weighted by atomic mass is 9.99. The molecule has 1 nitrogen and oxygen atoms in total. The highest BCUT2D eigenvalue weighted by atomic mass is 32.2. The van der Waals surface area contributed by atoms with Crippen LogP contribution in [0.25, 0.3) is 0 Å². The molecule has 4 heteroatoms. The van der Waals surface area contributed by atoms with E-state index in [1.807, 2.05) is 33.8 Å². The molecule has 0 aliphatic heterocycles. The van der Waals surface area contributed by atoms with Gasteiger partial charge in [-0.2, -0.15) is 0 Å². The molecular formula is C31H49F2NS. The fourth-order valence-electron chi connectivity index (χ4n) is 3.17. The van der Waals surface area contributed by atoms with Crippen LogP contribution in [0.1, 0.15) is 93.6 Å². The van der Waals surface area contributed by atoms with Gasteiger partial charge in [0.25, 0.3) is 5.92 Å². The van der Waals surface area contributed by atoms with Gasteiger partial charge >= 0.3 is 0 Å². The van der Waals surface area contributed by atoms with E-state index in [9.17, 15) is 8.78 Å². The van der Waals surface area contributed by atoms with Gasteiger partial charge in [-0.05, 0) is 62.1 Å². The van der Waals surface area contributed by atoms with Crippen LogP contribution < -0.4 is 5.32 Å². The van der Waals surface area contributed by atoms with Crippen LogP contribution in [0.2, 0.25) is 0 Å². The summed E-state index contributed by atoms with van der Waals surface area (Å²) in [5.74, 6) is -2.37. The number of rotatable bonds is 12. The Hall–Kier alpha value is -2.07. The Bertz CT molecular complexity index is 825. The maximum Gasteiger partial charge on any atom is 0.270 e. The lowest BCUT2D eigenvalue weighted by Crippen LogP contribution is -2.06. The van der Waals surface area contributed by atoms with Gasteiger partial charge in [-0.1, -0.05) is 114 Å². The fourth-order valence-corrected chi connectivity index (χ4v) is 3.98. The third-order valence-corrected chi connectivity index (χ3v) is 6.34.